The predicted octanol–water partition coefficient (Wildman–Crippen LogP) is 2.39. The van der Waals surface area contributed by atoms with Crippen LogP contribution < -0.4 is 0 Å². The van der Waals surface area contributed by atoms with Crippen molar-refractivity contribution in [1.29, 1.82) is 0 Å². The highest BCUT2D eigenvalue weighted by Gasteiger charge is 2.12. The lowest BCUT2D eigenvalue weighted by Gasteiger charge is -2.24. The summed E-state index contributed by atoms with van der Waals surface area (Å²) in [6.07, 6.45) is 3.98. The van der Waals surface area contributed by atoms with Crippen LogP contribution in [0.4, 0.5) is 4.39 Å². The number of hydrogen-bond acceptors (Lipinski definition) is 1. The lowest BCUT2D eigenvalue weighted by molar-refractivity contribution is 0.232. The average molecular weight is 171 g/mol. The molecular weight excluding hydrogens is 153 g/mol. The first-order chi connectivity index (χ1) is 5.74. The first-order valence-corrected chi connectivity index (χ1v) is 4.72. The van der Waals surface area contributed by atoms with Crippen LogP contribution in [-0.2, 0) is 0 Å². The number of halogens is 1. The van der Waals surface area contributed by atoms with Crippen molar-refractivity contribution >= 4 is 0 Å². The van der Waals surface area contributed by atoms with Crippen LogP contribution in [0.5, 0.6) is 0 Å². The molecule has 0 saturated heterocycles. The Bertz CT molecular complexity index is 163. The van der Waals surface area contributed by atoms with Gasteiger partial charge in [0, 0.05) is 19.1 Å². The van der Waals surface area contributed by atoms with E-state index in [2.05, 4.69) is 24.8 Å². The number of alkyl halides is 1. The van der Waals surface area contributed by atoms with Crippen molar-refractivity contribution in [1.82, 2.24) is 4.90 Å². The Morgan fingerprint density at radius 2 is 2.25 bits per heavy atom. The molecule has 1 nitrogen and oxygen atoms in total. The fourth-order valence-electron chi connectivity index (χ4n) is 1.57. The maximum Gasteiger partial charge on any atom is 0.111 e. The summed E-state index contributed by atoms with van der Waals surface area (Å²) in [5, 5.41) is 0. The van der Waals surface area contributed by atoms with E-state index in [1.54, 1.807) is 0 Å². The highest BCUT2D eigenvalue weighted by Crippen LogP contribution is 2.13. The van der Waals surface area contributed by atoms with Crippen LogP contribution in [0.2, 0.25) is 0 Å². The van der Waals surface area contributed by atoms with Crippen LogP contribution >= 0.6 is 0 Å². The molecule has 70 valence electrons. The van der Waals surface area contributed by atoms with Crippen molar-refractivity contribution in [2.45, 2.75) is 32.7 Å². The second-order valence-corrected chi connectivity index (χ2v) is 3.66. The topological polar surface area (TPSA) is 3.24 Å². The van der Waals surface area contributed by atoms with E-state index < -0.39 is 0 Å². The molecule has 0 radical (unpaired) electrons. The van der Waals surface area contributed by atoms with Crippen molar-refractivity contribution in [3.05, 3.63) is 11.6 Å². The molecular formula is C10H18FN. The molecule has 0 fully saturated rings. The summed E-state index contributed by atoms with van der Waals surface area (Å²) in [5.74, 6) is 0. The number of rotatable bonds is 2. The van der Waals surface area contributed by atoms with Gasteiger partial charge in [0.1, 0.15) is 6.67 Å². The van der Waals surface area contributed by atoms with Gasteiger partial charge in [-0.25, -0.2) is 4.39 Å². The van der Waals surface area contributed by atoms with Crippen molar-refractivity contribution in [3.63, 3.8) is 0 Å². The van der Waals surface area contributed by atoms with Crippen molar-refractivity contribution in [3.8, 4) is 0 Å². The highest BCUT2D eigenvalue weighted by molar-refractivity contribution is 5.05. The van der Waals surface area contributed by atoms with Gasteiger partial charge in [-0.05, 0) is 32.3 Å². The molecule has 0 unspecified atom stereocenters. The Morgan fingerprint density at radius 3 is 2.83 bits per heavy atom. The van der Waals surface area contributed by atoms with Gasteiger partial charge in [-0.1, -0.05) is 6.08 Å². The van der Waals surface area contributed by atoms with Gasteiger partial charge in [-0.3, -0.25) is 0 Å². The smallest absolute Gasteiger partial charge is 0.111 e. The largest absolute Gasteiger partial charge is 0.300 e. The van der Waals surface area contributed by atoms with Crippen LogP contribution in [0.3, 0.4) is 0 Å². The maximum atomic E-state index is 12.3. The van der Waals surface area contributed by atoms with Gasteiger partial charge >= 0.3 is 0 Å². The molecule has 1 aliphatic rings. The number of nitrogens with zero attached hydrogens (tertiary/aromatic N) is 1. The molecule has 0 bridgehead atoms. The molecule has 0 aromatic carbocycles. The Morgan fingerprint density at radius 1 is 1.50 bits per heavy atom. The summed E-state index contributed by atoms with van der Waals surface area (Å²) in [7, 11) is 0. The lowest BCUT2D eigenvalue weighted by Crippen LogP contribution is -2.31. The van der Waals surface area contributed by atoms with Crippen LogP contribution in [0.25, 0.3) is 0 Å². The van der Waals surface area contributed by atoms with E-state index in [9.17, 15) is 4.39 Å². The van der Waals surface area contributed by atoms with Gasteiger partial charge in [0.05, 0.1) is 0 Å². The first-order valence-electron chi connectivity index (χ1n) is 4.72. The van der Waals surface area contributed by atoms with Gasteiger partial charge in [0.2, 0.25) is 0 Å². The summed E-state index contributed by atoms with van der Waals surface area (Å²) in [6.45, 7) is 6.24. The molecule has 0 aromatic rings. The van der Waals surface area contributed by atoms with Crippen LogP contribution in [0, 0.1) is 0 Å². The molecule has 0 aliphatic carbocycles. The third-order valence-electron chi connectivity index (χ3n) is 2.47. The standard InChI is InChI=1S/C10H18FN/c1-9(2)12-6-3-4-10(8-11)5-7-12/h4,9H,3,5-8H2,1-2H3. The zero-order valence-electron chi connectivity index (χ0n) is 8.02. The molecule has 0 amide bonds. The molecule has 2 heteroatoms. The molecule has 1 heterocycles. The molecule has 12 heavy (non-hydrogen) atoms. The van der Waals surface area contributed by atoms with Crippen molar-refractivity contribution in [2.24, 2.45) is 0 Å². The van der Waals surface area contributed by atoms with Crippen LogP contribution in [-0.4, -0.2) is 30.7 Å². The number of hydrogen-bond donors (Lipinski definition) is 0. The van der Waals surface area contributed by atoms with Crippen LogP contribution in [0.15, 0.2) is 11.6 Å². The second-order valence-electron chi connectivity index (χ2n) is 3.66. The summed E-state index contributed by atoms with van der Waals surface area (Å²) >= 11 is 0. The Labute approximate surface area is 74.3 Å². The predicted molar refractivity (Wildman–Crippen MR) is 50.0 cm³/mol. The Balaban J connectivity index is 2.42. The monoisotopic (exact) mass is 171 g/mol. The Hall–Kier alpha value is -0.370. The maximum absolute atomic E-state index is 12.3. The van der Waals surface area contributed by atoms with Crippen molar-refractivity contribution in [2.75, 3.05) is 19.8 Å². The van der Waals surface area contributed by atoms with E-state index >= 15 is 0 Å². The normalized spacial score (nSPS) is 20.8. The van der Waals surface area contributed by atoms with Gasteiger partial charge < -0.3 is 4.90 Å². The second kappa shape index (κ2) is 4.61. The summed E-state index contributed by atoms with van der Waals surface area (Å²) in [6, 6.07) is 0.595. The fourth-order valence-corrected chi connectivity index (χ4v) is 1.57. The minimum atomic E-state index is -0.258. The zero-order valence-corrected chi connectivity index (χ0v) is 8.02. The minimum absolute atomic E-state index is 0.258. The highest BCUT2D eigenvalue weighted by atomic mass is 19.1. The zero-order chi connectivity index (χ0) is 8.97. The van der Waals surface area contributed by atoms with E-state index in [1.807, 2.05) is 0 Å². The molecule has 1 rings (SSSR count). The third-order valence-corrected chi connectivity index (χ3v) is 2.47. The SMILES string of the molecule is CC(C)N1CCC=C(CF)CC1. The third kappa shape index (κ3) is 2.59. The van der Waals surface area contributed by atoms with E-state index in [0.29, 0.717) is 6.04 Å². The summed E-state index contributed by atoms with van der Waals surface area (Å²) < 4.78 is 12.3. The molecule has 0 spiro atoms. The van der Waals surface area contributed by atoms with Gasteiger partial charge in [-0.15, -0.1) is 0 Å². The molecule has 0 atom stereocenters. The van der Waals surface area contributed by atoms with Crippen molar-refractivity contribution < 1.29 is 4.39 Å². The average Bonchev–Trinajstić information content (AvgIpc) is 2.28. The van der Waals surface area contributed by atoms with Gasteiger partial charge in [0.25, 0.3) is 0 Å². The lowest BCUT2D eigenvalue weighted by atomic mass is 10.2. The summed E-state index contributed by atoms with van der Waals surface area (Å²) in [4.78, 5) is 2.40. The van der Waals surface area contributed by atoms with E-state index in [4.69, 9.17) is 0 Å². The van der Waals surface area contributed by atoms with E-state index in [1.165, 1.54) is 0 Å². The van der Waals surface area contributed by atoms with Gasteiger partial charge in [-0.2, -0.15) is 0 Å². The summed E-state index contributed by atoms with van der Waals surface area (Å²) in [5.41, 5.74) is 0.984. The minimum Gasteiger partial charge on any atom is -0.300 e. The van der Waals surface area contributed by atoms with Gasteiger partial charge in [0.15, 0.2) is 0 Å². The molecule has 0 N–H and O–H groups in total. The van der Waals surface area contributed by atoms with E-state index in [0.717, 1.165) is 31.5 Å². The van der Waals surface area contributed by atoms with Crippen LogP contribution in [0.1, 0.15) is 26.7 Å². The molecule has 0 aromatic heterocycles. The van der Waals surface area contributed by atoms with E-state index in [-0.39, 0.29) is 6.67 Å². The first kappa shape index (κ1) is 9.72. The molecule has 0 saturated carbocycles. The fraction of sp³-hybridized carbons (Fsp3) is 0.800. The quantitative estimate of drug-likeness (QED) is 0.577. The Kier molecular flexibility index (Phi) is 3.73. The molecule has 1 aliphatic heterocycles.